The lowest BCUT2D eigenvalue weighted by Gasteiger charge is -2.31. The van der Waals surface area contributed by atoms with Gasteiger partial charge in [-0.3, -0.25) is 14.5 Å². The molecular formula is C27H32N2O6. The predicted molar refractivity (Wildman–Crippen MR) is 131 cm³/mol. The van der Waals surface area contributed by atoms with Crippen LogP contribution >= 0.6 is 0 Å². The highest BCUT2D eigenvalue weighted by molar-refractivity contribution is 6.46. The first-order valence-electron chi connectivity index (χ1n) is 12.0. The summed E-state index contributed by atoms with van der Waals surface area (Å²) < 4.78 is 16.6. The molecule has 1 unspecified atom stereocenters. The maximum Gasteiger partial charge on any atom is 0.295 e. The molecule has 0 saturated carbocycles. The van der Waals surface area contributed by atoms with E-state index in [1.54, 1.807) is 42.3 Å². The number of amides is 1. The molecule has 0 radical (unpaired) electrons. The van der Waals surface area contributed by atoms with E-state index in [2.05, 4.69) is 4.90 Å². The van der Waals surface area contributed by atoms with Gasteiger partial charge in [0.2, 0.25) is 0 Å². The molecule has 0 aliphatic carbocycles. The SMILES string of the molecule is CCCOc1ccc(/C(O)=C2/C(=O)C(=O)N(CCN3CCOCC3)C2c2ccccc2OC)cc1. The number of ether oxygens (including phenoxy) is 3. The van der Waals surface area contributed by atoms with E-state index in [4.69, 9.17) is 14.2 Å². The molecule has 8 nitrogen and oxygen atoms in total. The molecule has 2 fully saturated rings. The van der Waals surface area contributed by atoms with Crippen LogP contribution in [0.25, 0.3) is 5.76 Å². The molecule has 2 aliphatic heterocycles. The topological polar surface area (TPSA) is 88.5 Å². The predicted octanol–water partition coefficient (Wildman–Crippen LogP) is 3.24. The van der Waals surface area contributed by atoms with Crippen LogP contribution in [0.1, 0.15) is 30.5 Å². The van der Waals surface area contributed by atoms with Crippen LogP contribution in [0.15, 0.2) is 54.1 Å². The van der Waals surface area contributed by atoms with Gasteiger partial charge in [-0.05, 0) is 36.8 Å². The average molecular weight is 481 g/mol. The van der Waals surface area contributed by atoms with Gasteiger partial charge < -0.3 is 24.2 Å². The standard InChI is InChI=1S/C27H32N2O6/c1-3-16-35-20-10-8-19(9-11-20)25(30)23-24(21-6-4-5-7-22(21)33-2)29(27(32)26(23)31)13-12-28-14-17-34-18-15-28/h4-11,24,30H,3,12-18H2,1-2H3/b25-23-. The summed E-state index contributed by atoms with van der Waals surface area (Å²) in [5.74, 6) is -0.318. The van der Waals surface area contributed by atoms with Crippen LogP contribution in [-0.4, -0.2) is 79.7 Å². The molecule has 0 aromatic heterocycles. The number of para-hydroxylation sites is 1. The number of nitrogens with zero attached hydrogens (tertiary/aromatic N) is 2. The summed E-state index contributed by atoms with van der Waals surface area (Å²) in [4.78, 5) is 30.2. The van der Waals surface area contributed by atoms with Gasteiger partial charge in [0.25, 0.3) is 11.7 Å². The summed E-state index contributed by atoms with van der Waals surface area (Å²) in [5, 5.41) is 11.3. The molecule has 35 heavy (non-hydrogen) atoms. The van der Waals surface area contributed by atoms with Crippen molar-refractivity contribution >= 4 is 17.4 Å². The lowest BCUT2D eigenvalue weighted by atomic mass is 9.94. The number of carbonyl (C=O) groups excluding carboxylic acids is 2. The van der Waals surface area contributed by atoms with Gasteiger partial charge in [-0.2, -0.15) is 0 Å². The third kappa shape index (κ3) is 5.33. The Balaban J connectivity index is 1.72. The fourth-order valence-corrected chi connectivity index (χ4v) is 4.48. The Morgan fingerprint density at radius 1 is 1.06 bits per heavy atom. The van der Waals surface area contributed by atoms with E-state index in [0.29, 0.717) is 55.5 Å². The molecule has 2 saturated heterocycles. The van der Waals surface area contributed by atoms with Crippen molar-refractivity contribution < 1.29 is 28.9 Å². The first-order valence-corrected chi connectivity index (χ1v) is 12.0. The van der Waals surface area contributed by atoms with Gasteiger partial charge in [0.05, 0.1) is 38.5 Å². The zero-order valence-corrected chi connectivity index (χ0v) is 20.2. The highest BCUT2D eigenvalue weighted by Crippen LogP contribution is 2.42. The zero-order valence-electron chi connectivity index (χ0n) is 20.2. The minimum atomic E-state index is -0.761. The van der Waals surface area contributed by atoms with Crippen molar-refractivity contribution in [3.05, 3.63) is 65.2 Å². The maximum atomic E-state index is 13.3. The normalized spacial score (nSPS) is 20.3. The monoisotopic (exact) mass is 480 g/mol. The number of morpholine rings is 1. The molecule has 8 heteroatoms. The lowest BCUT2D eigenvalue weighted by Crippen LogP contribution is -2.42. The Bertz CT molecular complexity index is 1080. The average Bonchev–Trinajstić information content (AvgIpc) is 3.16. The highest BCUT2D eigenvalue weighted by Gasteiger charge is 2.47. The van der Waals surface area contributed by atoms with E-state index in [-0.39, 0.29) is 11.3 Å². The lowest BCUT2D eigenvalue weighted by molar-refractivity contribution is -0.140. The van der Waals surface area contributed by atoms with Crippen LogP contribution in [0, 0.1) is 0 Å². The van der Waals surface area contributed by atoms with E-state index in [1.807, 2.05) is 25.1 Å². The molecule has 1 atom stereocenters. The Labute approximate surface area is 205 Å². The largest absolute Gasteiger partial charge is 0.507 e. The quantitative estimate of drug-likeness (QED) is 0.335. The number of likely N-dealkylation sites (tertiary alicyclic amines) is 1. The summed E-state index contributed by atoms with van der Waals surface area (Å²) in [6.45, 7) is 6.40. The first kappa shape index (κ1) is 24.8. The number of aliphatic hydroxyl groups excluding tert-OH is 1. The zero-order chi connectivity index (χ0) is 24.8. The van der Waals surface area contributed by atoms with Crippen LogP contribution in [0.4, 0.5) is 0 Å². The molecule has 2 heterocycles. The fourth-order valence-electron chi connectivity index (χ4n) is 4.48. The molecule has 0 spiro atoms. The van der Waals surface area contributed by atoms with Gasteiger partial charge >= 0.3 is 0 Å². The second-order valence-corrected chi connectivity index (χ2v) is 8.56. The number of Topliss-reactive ketones (excluding diaryl/α,β-unsaturated/α-hetero) is 1. The number of aliphatic hydroxyl groups is 1. The molecule has 2 aromatic rings. The van der Waals surface area contributed by atoms with E-state index < -0.39 is 17.7 Å². The van der Waals surface area contributed by atoms with Gasteiger partial charge in [-0.1, -0.05) is 25.1 Å². The summed E-state index contributed by atoms with van der Waals surface area (Å²) in [6.07, 6.45) is 0.883. The van der Waals surface area contributed by atoms with Crippen molar-refractivity contribution in [2.75, 3.05) is 53.1 Å². The van der Waals surface area contributed by atoms with Crippen molar-refractivity contribution in [1.82, 2.24) is 9.80 Å². The van der Waals surface area contributed by atoms with E-state index in [1.165, 1.54) is 0 Å². The molecular weight excluding hydrogens is 448 g/mol. The molecule has 1 amide bonds. The molecule has 0 bridgehead atoms. The second kappa shape index (κ2) is 11.4. The minimum absolute atomic E-state index is 0.0590. The van der Waals surface area contributed by atoms with Gasteiger partial charge in [-0.15, -0.1) is 0 Å². The Morgan fingerprint density at radius 3 is 2.46 bits per heavy atom. The molecule has 186 valence electrons. The molecule has 2 aliphatic rings. The van der Waals surface area contributed by atoms with Crippen molar-refractivity contribution in [2.24, 2.45) is 0 Å². The van der Waals surface area contributed by atoms with Gasteiger partial charge in [0.1, 0.15) is 17.3 Å². The molecule has 1 N–H and O–H groups in total. The van der Waals surface area contributed by atoms with E-state index in [9.17, 15) is 14.7 Å². The van der Waals surface area contributed by atoms with Crippen LogP contribution in [0.5, 0.6) is 11.5 Å². The number of benzene rings is 2. The molecule has 2 aromatic carbocycles. The van der Waals surface area contributed by atoms with Crippen LogP contribution in [-0.2, 0) is 14.3 Å². The summed E-state index contributed by atoms with van der Waals surface area (Å²) in [6, 6.07) is 13.4. The third-order valence-corrected chi connectivity index (χ3v) is 6.33. The first-order chi connectivity index (χ1) is 17.0. The Morgan fingerprint density at radius 2 is 1.77 bits per heavy atom. The number of hydrogen-bond donors (Lipinski definition) is 1. The van der Waals surface area contributed by atoms with E-state index in [0.717, 1.165) is 19.5 Å². The Kier molecular flexibility index (Phi) is 8.05. The van der Waals surface area contributed by atoms with Gasteiger partial charge in [-0.25, -0.2) is 0 Å². The van der Waals surface area contributed by atoms with Crippen molar-refractivity contribution in [2.45, 2.75) is 19.4 Å². The molecule has 4 rings (SSSR count). The summed E-state index contributed by atoms with van der Waals surface area (Å²) in [5.41, 5.74) is 1.16. The Hall–Kier alpha value is -3.36. The van der Waals surface area contributed by atoms with Gasteiger partial charge in [0.15, 0.2) is 0 Å². The summed E-state index contributed by atoms with van der Waals surface area (Å²) in [7, 11) is 1.55. The highest BCUT2D eigenvalue weighted by atomic mass is 16.5. The van der Waals surface area contributed by atoms with Crippen molar-refractivity contribution in [3.63, 3.8) is 0 Å². The number of hydrogen-bond acceptors (Lipinski definition) is 7. The van der Waals surface area contributed by atoms with Crippen molar-refractivity contribution in [1.29, 1.82) is 0 Å². The van der Waals surface area contributed by atoms with Crippen LogP contribution < -0.4 is 9.47 Å². The second-order valence-electron chi connectivity index (χ2n) is 8.56. The summed E-state index contributed by atoms with van der Waals surface area (Å²) >= 11 is 0. The number of rotatable bonds is 9. The van der Waals surface area contributed by atoms with Crippen molar-refractivity contribution in [3.8, 4) is 11.5 Å². The third-order valence-electron chi connectivity index (χ3n) is 6.33. The maximum absolute atomic E-state index is 13.3. The van der Waals surface area contributed by atoms with Crippen LogP contribution in [0.2, 0.25) is 0 Å². The number of methoxy groups -OCH3 is 1. The fraction of sp³-hybridized carbons (Fsp3) is 0.407. The van der Waals surface area contributed by atoms with Gasteiger partial charge in [0, 0.05) is 37.3 Å². The van der Waals surface area contributed by atoms with Crippen LogP contribution in [0.3, 0.4) is 0 Å². The smallest absolute Gasteiger partial charge is 0.295 e. The minimum Gasteiger partial charge on any atom is -0.507 e. The number of carbonyl (C=O) groups is 2. The number of ketones is 1. The van der Waals surface area contributed by atoms with E-state index >= 15 is 0 Å².